The Labute approximate surface area is 200 Å². The molecule has 0 amide bonds. The van der Waals surface area contributed by atoms with Crippen LogP contribution in [0.25, 0.3) is 11.1 Å². The van der Waals surface area contributed by atoms with E-state index >= 15 is 0 Å². The SMILES string of the molecule is CCOC/C=C(\C1=C(N(C)C)C(/C(=C\COCC)c2ccccc2)CCC1)c1ccccc1. The van der Waals surface area contributed by atoms with Crippen LogP contribution in [-0.4, -0.2) is 45.4 Å². The van der Waals surface area contributed by atoms with E-state index in [0.717, 1.165) is 32.5 Å². The van der Waals surface area contributed by atoms with Gasteiger partial charge in [0.25, 0.3) is 0 Å². The van der Waals surface area contributed by atoms with E-state index < -0.39 is 0 Å². The minimum atomic E-state index is 0.325. The van der Waals surface area contributed by atoms with E-state index in [4.69, 9.17) is 9.47 Å². The highest BCUT2D eigenvalue weighted by Gasteiger charge is 2.30. The largest absolute Gasteiger partial charge is 0.380 e. The fourth-order valence-electron chi connectivity index (χ4n) is 4.77. The van der Waals surface area contributed by atoms with Crippen LogP contribution in [0.15, 0.2) is 84.1 Å². The van der Waals surface area contributed by atoms with Crippen molar-refractivity contribution in [1.29, 1.82) is 0 Å². The van der Waals surface area contributed by atoms with Gasteiger partial charge in [0, 0.05) is 38.9 Å². The Morgan fingerprint density at radius 3 is 2.00 bits per heavy atom. The first kappa shape index (κ1) is 25.0. The maximum absolute atomic E-state index is 5.75. The van der Waals surface area contributed by atoms with Crippen LogP contribution >= 0.6 is 0 Å². The van der Waals surface area contributed by atoms with E-state index in [1.54, 1.807) is 0 Å². The summed E-state index contributed by atoms with van der Waals surface area (Å²) in [6, 6.07) is 21.5. The average Bonchev–Trinajstić information content (AvgIpc) is 2.85. The highest BCUT2D eigenvalue weighted by molar-refractivity contribution is 5.82. The van der Waals surface area contributed by atoms with Crippen LogP contribution in [-0.2, 0) is 9.47 Å². The van der Waals surface area contributed by atoms with Crippen LogP contribution in [0.1, 0.15) is 44.2 Å². The molecule has 176 valence electrons. The van der Waals surface area contributed by atoms with Crippen LogP contribution in [0.3, 0.4) is 0 Å². The minimum Gasteiger partial charge on any atom is -0.380 e. The van der Waals surface area contributed by atoms with Gasteiger partial charge in [-0.05, 0) is 61.0 Å². The lowest BCUT2D eigenvalue weighted by Crippen LogP contribution is -2.26. The molecule has 0 saturated heterocycles. The molecule has 1 atom stereocenters. The maximum Gasteiger partial charge on any atom is 0.0656 e. The first-order chi connectivity index (χ1) is 16.2. The monoisotopic (exact) mass is 445 g/mol. The van der Waals surface area contributed by atoms with Crippen molar-refractivity contribution in [1.82, 2.24) is 4.90 Å². The van der Waals surface area contributed by atoms with Crippen molar-refractivity contribution < 1.29 is 9.47 Å². The molecular weight excluding hydrogens is 406 g/mol. The normalized spacial score (nSPS) is 17.4. The molecule has 0 fully saturated rings. The first-order valence-electron chi connectivity index (χ1n) is 12.2. The van der Waals surface area contributed by atoms with Gasteiger partial charge in [0.1, 0.15) is 0 Å². The number of rotatable bonds is 11. The second-order valence-corrected chi connectivity index (χ2v) is 8.53. The fraction of sp³-hybridized carbons (Fsp3) is 0.400. The molecule has 0 heterocycles. The van der Waals surface area contributed by atoms with E-state index in [1.165, 1.54) is 33.5 Å². The van der Waals surface area contributed by atoms with Crippen molar-refractivity contribution in [2.75, 3.05) is 40.5 Å². The highest BCUT2D eigenvalue weighted by Crippen LogP contribution is 2.44. The molecule has 2 aromatic rings. The lowest BCUT2D eigenvalue weighted by atomic mass is 9.76. The van der Waals surface area contributed by atoms with Crippen molar-refractivity contribution in [2.24, 2.45) is 5.92 Å². The zero-order valence-electron chi connectivity index (χ0n) is 20.7. The molecule has 2 aromatic carbocycles. The van der Waals surface area contributed by atoms with Crippen LogP contribution in [0.5, 0.6) is 0 Å². The number of benzene rings is 2. The van der Waals surface area contributed by atoms with Crippen LogP contribution in [0.4, 0.5) is 0 Å². The number of hydrogen-bond donors (Lipinski definition) is 0. The van der Waals surface area contributed by atoms with Gasteiger partial charge in [-0.1, -0.05) is 72.8 Å². The Hall–Kier alpha value is -2.62. The topological polar surface area (TPSA) is 21.7 Å². The fourth-order valence-corrected chi connectivity index (χ4v) is 4.77. The molecule has 1 aliphatic carbocycles. The molecule has 3 rings (SSSR count). The highest BCUT2D eigenvalue weighted by atomic mass is 16.5. The van der Waals surface area contributed by atoms with E-state index in [2.05, 4.69) is 98.7 Å². The summed E-state index contributed by atoms with van der Waals surface area (Å²) in [7, 11) is 4.37. The Balaban J connectivity index is 2.13. The molecule has 1 unspecified atom stereocenters. The van der Waals surface area contributed by atoms with Crippen molar-refractivity contribution in [3.8, 4) is 0 Å². The third-order valence-corrected chi connectivity index (χ3v) is 6.17. The second-order valence-electron chi connectivity index (χ2n) is 8.53. The molecule has 0 saturated carbocycles. The second kappa shape index (κ2) is 13.2. The summed E-state index contributed by atoms with van der Waals surface area (Å²) in [5.74, 6) is 0.325. The third kappa shape index (κ3) is 6.69. The Morgan fingerprint density at radius 1 is 0.848 bits per heavy atom. The molecule has 3 heteroatoms. The molecular formula is C30H39NO2. The van der Waals surface area contributed by atoms with E-state index in [-0.39, 0.29) is 0 Å². The van der Waals surface area contributed by atoms with Crippen molar-refractivity contribution >= 4 is 11.1 Å². The number of hydrogen-bond acceptors (Lipinski definition) is 3. The summed E-state index contributed by atoms with van der Waals surface area (Å²) in [5.41, 5.74) is 8.03. The third-order valence-electron chi connectivity index (χ3n) is 6.17. The molecule has 0 N–H and O–H groups in total. The maximum atomic E-state index is 5.75. The minimum absolute atomic E-state index is 0.325. The summed E-state index contributed by atoms with van der Waals surface area (Å²) < 4.78 is 11.5. The summed E-state index contributed by atoms with van der Waals surface area (Å²) in [4.78, 5) is 2.33. The van der Waals surface area contributed by atoms with Gasteiger partial charge < -0.3 is 14.4 Å². The van der Waals surface area contributed by atoms with Gasteiger partial charge in [-0.15, -0.1) is 0 Å². The molecule has 3 nitrogen and oxygen atoms in total. The first-order valence-corrected chi connectivity index (χ1v) is 12.2. The molecule has 0 spiro atoms. The lowest BCUT2D eigenvalue weighted by molar-refractivity contribution is 0.177. The van der Waals surface area contributed by atoms with Gasteiger partial charge in [0.15, 0.2) is 0 Å². The summed E-state index contributed by atoms with van der Waals surface area (Å²) >= 11 is 0. The van der Waals surface area contributed by atoms with E-state index in [0.29, 0.717) is 19.1 Å². The molecule has 0 aromatic heterocycles. The number of allylic oxidation sites excluding steroid dienone is 3. The summed E-state index contributed by atoms with van der Waals surface area (Å²) in [5, 5.41) is 0. The quantitative estimate of drug-likeness (QED) is 0.353. The molecule has 33 heavy (non-hydrogen) atoms. The van der Waals surface area contributed by atoms with Gasteiger partial charge in [0.2, 0.25) is 0 Å². The van der Waals surface area contributed by atoms with E-state index in [1.807, 2.05) is 6.92 Å². The summed E-state index contributed by atoms with van der Waals surface area (Å²) in [6.45, 7) is 6.81. The van der Waals surface area contributed by atoms with Gasteiger partial charge in [0.05, 0.1) is 13.2 Å². The molecule has 0 aliphatic heterocycles. The van der Waals surface area contributed by atoms with Crippen molar-refractivity contribution in [3.63, 3.8) is 0 Å². The van der Waals surface area contributed by atoms with Crippen LogP contribution in [0.2, 0.25) is 0 Å². The van der Waals surface area contributed by atoms with Gasteiger partial charge >= 0.3 is 0 Å². The average molecular weight is 446 g/mol. The van der Waals surface area contributed by atoms with Gasteiger partial charge in [-0.3, -0.25) is 0 Å². The standard InChI is InChI=1S/C30H39NO2/c1-5-32-22-20-26(24-14-9-7-10-15-24)28-18-13-19-29(30(28)31(3)4)27(21-23-33-6-2)25-16-11-8-12-17-25/h7-12,14-17,20-21,28H,5-6,13,18-19,22-23H2,1-4H3/b26-20-,27-21-. The van der Waals surface area contributed by atoms with Gasteiger partial charge in [-0.2, -0.15) is 0 Å². The van der Waals surface area contributed by atoms with Crippen molar-refractivity contribution in [3.05, 3.63) is 95.2 Å². The predicted molar refractivity (Wildman–Crippen MR) is 140 cm³/mol. The smallest absolute Gasteiger partial charge is 0.0656 e. The molecule has 0 radical (unpaired) electrons. The molecule has 1 aliphatic rings. The van der Waals surface area contributed by atoms with Crippen LogP contribution in [0, 0.1) is 5.92 Å². The Bertz CT molecular complexity index is 942. The van der Waals surface area contributed by atoms with Gasteiger partial charge in [-0.25, -0.2) is 0 Å². The zero-order chi connectivity index (χ0) is 23.5. The van der Waals surface area contributed by atoms with E-state index in [9.17, 15) is 0 Å². The Morgan fingerprint density at radius 2 is 1.42 bits per heavy atom. The van der Waals surface area contributed by atoms with Crippen molar-refractivity contribution in [2.45, 2.75) is 33.1 Å². The predicted octanol–water partition coefficient (Wildman–Crippen LogP) is 6.84. The Kier molecular flexibility index (Phi) is 9.99. The lowest BCUT2D eigenvalue weighted by Gasteiger charge is -2.36. The van der Waals surface area contributed by atoms with Crippen LogP contribution < -0.4 is 0 Å². The number of ether oxygens (including phenoxy) is 2. The zero-order valence-corrected chi connectivity index (χ0v) is 20.7. The number of nitrogens with zero attached hydrogens (tertiary/aromatic N) is 1. The summed E-state index contributed by atoms with van der Waals surface area (Å²) in [6.07, 6.45) is 7.94. The molecule has 0 bridgehead atoms.